The lowest BCUT2D eigenvalue weighted by molar-refractivity contribution is 0.316. The summed E-state index contributed by atoms with van der Waals surface area (Å²) in [5.74, 6) is -0.876. The van der Waals surface area contributed by atoms with Crippen LogP contribution in [0.4, 0.5) is 0 Å². The lowest BCUT2D eigenvalue weighted by atomic mass is 10.1. The fourth-order valence-electron chi connectivity index (χ4n) is 2.28. The molecule has 1 aromatic heterocycles. The summed E-state index contributed by atoms with van der Waals surface area (Å²) in [5.41, 5.74) is 1.73. The van der Waals surface area contributed by atoms with Crippen molar-refractivity contribution in [3.05, 3.63) is 51.9 Å². The van der Waals surface area contributed by atoms with E-state index in [2.05, 4.69) is 19.9 Å². The summed E-state index contributed by atoms with van der Waals surface area (Å²) < 4.78 is 10.4. The van der Waals surface area contributed by atoms with Crippen LogP contribution in [0.25, 0.3) is 11.0 Å². The van der Waals surface area contributed by atoms with E-state index in [1.807, 2.05) is 13.0 Å². The number of hydrogen-bond donors (Lipinski definition) is 2. The van der Waals surface area contributed by atoms with Crippen LogP contribution in [0, 0.1) is 0 Å². The molecule has 128 valence electrons. The molecule has 0 aliphatic rings. The zero-order valence-corrected chi connectivity index (χ0v) is 14.1. The number of hydrogen-bond acceptors (Lipinski definition) is 5. The molecule has 0 aliphatic carbocycles. The molecule has 2 rings (SSSR count). The maximum Gasteiger partial charge on any atom is 0.383 e. The fraction of sp³-hybridized carbons (Fsp3) is 0.316. The standard InChI is InChI=1S/C19H22O5/c1-12(2)6-4-7-13(3)10-11-23-18-17(21)16-14(20)8-5-9-15(16)24-19(18)22/h5-6,8-10,20-21H,4,7,11H2,1-3H3. The van der Waals surface area contributed by atoms with Crippen molar-refractivity contribution in [2.45, 2.75) is 33.6 Å². The lowest BCUT2D eigenvalue weighted by Gasteiger charge is -2.08. The number of phenols is 1. The Morgan fingerprint density at radius 3 is 2.67 bits per heavy atom. The quantitative estimate of drug-likeness (QED) is 0.610. The number of benzene rings is 1. The molecule has 0 aliphatic heterocycles. The Bertz CT molecular complexity index is 839. The van der Waals surface area contributed by atoms with Crippen molar-refractivity contribution in [3.63, 3.8) is 0 Å². The van der Waals surface area contributed by atoms with Gasteiger partial charge in [0, 0.05) is 0 Å². The first-order chi connectivity index (χ1) is 11.4. The molecule has 0 fully saturated rings. The summed E-state index contributed by atoms with van der Waals surface area (Å²) in [4.78, 5) is 11.9. The monoisotopic (exact) mass is 330 g/mol. The van der Waals surface area contributed by atoms with Crippen molar-refractivity contribution in [3.8, 4) is 17.2 Å². The zero-order chi connectivity index (χ0) is 17.7. The van der Waals surface area contributed by atoms with Crippen LogP contribution in [0.5, 0.6) is 17.2 Å². The number of ether oxygens (including phenoxy) is 1. The average molecular weight is 330 g/mol. The predicted octanol–water partition coefficient (Wildman–Crippen LogP) is 4.28. The number of aromatic hydroxyl groups is 2. The predicted molar refractivity (Wildman–Crippen MR) is 93.7 cm³/mol. The second-order valence-electron chi connectivity index (χ2n) is 5.90. The van der Waals surface area contributed by atoms with Crippen molar-refractivity contribution in [1.29, 1.82) is 0 Å². The SMILES string of the molecule is CC(C)=CCCC(C)=CCOc1c(O)c2c(O)cccc2oc1=O. The first-order valence-electron chi connectivity index (χ1n) is 7.79. The lowest BCUT2D eigenvalue weighted by Crippen LogP contribution is -2.07. The molecule has 5 heteroatoms. The third-order valence-electron chi connectivity index (χ3n) is 3.59. The molecule has 0 amide bonds. The molecule has 24 heavy (non-hydrogen) atoms. The third kappa shape index (κ3) is 4.19. The number of fused-ring (bicyclic) bond motifs is 1. The van der Waals surface area contributed by atoms with Crippen LogP contribution in [0.1, 0.15) is 33.6 Å². The van der Waals surface area contributed by atoms with Crippen LogP contribution in [0.3, 0.4) is 0 Å². The van der Waals surface area contributed by atoms with Gasteiger partial charge < -0.3 is 19.4 Å². The highest BCUT2D eigenvalue weighted by atomic mass is 16.5. The van der Waals surface area contributed by atoms with Gasteiger partial charge in [-0.15, -0.1) is 0 Å². The van der Waals surface area contributed by atoms with E-state index in [4.69, 9.17) is 9.15 Å². The van der Waals surface area contributed by atoms with Crippen molar-refractivity contribution in [1.82, 2.24) is 0 Å². The maximum absolute atomic E-state index is 11.9. The van der Waals surface area contributed by atoms with Crippen molar-refractivity contribution >= 4 is 11.0 Å². The molecule has 0 bridgehead atoms. The molecule has 0 atom stereocenters. The average Bonchev–Trinajstić information content (AvgIpc) is 2.50. The molecule has 0 unspecified atom stereocenters. The van der Waals surface area contributed by atoms with E-state index < -0.39 is 11.4 Å². The Hall–Kier alpha value is -2.69. The number of rotatable bonds is 6. The van der Waals surface area contributed by atoms with E-state index in [1.54, 1.807) is 0 Å². The van der Waals surface area contributed by atoms with Crippen LogP contribution in [0.2, 0.25) is 0 Å². The first-order valence-corrected chi connectivity index (χ1v) is 7.79. The first kappa shape index (κ1) is 17.7. The van der Waals surface area contributed by atoms with Gasteiger partial charge in [-0.05, 0) is 51.8 Å². The van der Waals surface area contributed by atoms with Gasteiger partial charge in [0.15, 0.2) is 5.75 Å². The molecular weight excluding hydrogens is 308 g/mol. The Labute approximate surface area is 140 Å². The van der Waals surface area contributed by atoms with E-state index in [0.717, 1.165) is 18.4 Å². The largest absolute Gasteiger partial charge is 0.507 e. The van der Waals surface area contributed by atoms with E-state index in [9.17, 15) is 15.0 Å². The minimum absolute atomic E-state index is 0.0661. The topological polar surface area (TPSA) is 79.9 Å². The van der Waals surface area contributed by atoms with Crippen molar-refractivity contribution in [2.24, 2.45) is 0 Å². The van der Waals surface area contributed by atoms with E-state index in [1.165, 1.54) is 23.8 Å². The maximum atomic E-state index is 11.9. The fourth-order valence-corrected chi connectivity index (χ4v) is 2.28. The minimum Gasteiger partial charge on any atom is -0.507 e. The Kier molecular flexibility index (Phi) is 5.68. The number of allylic oxidation sites excluding steroid dienone is 3. The van der Waals surface area contributed by atoms with Crippen molar-refractivity contribution in [2.75, 3.05) is 6.61 Å². The Morgan fingerprint density at radius 1 is 1.21 bits per heavy atom. The highest BCUT2D eigenvalue weighted by Gasteiger charge is 2.17. The molecule has 1 heterocycles. The third-order valence-corrected chi connectivity index (χ3v) is 3.59. The summed E-state index contributed by atoms with van der Waals surface area (Å²) >= 11 is 0. The second-order valence-corrected chi connectivity index (χ2v) is 5.90. The highest BCUT2D eigenvalue weighted by molar-refractivity contribution is 5.90. The van der Waals surface area contributed by atoms with Crippen LogP contribution in [0.15, 0.2) is 50.7 Å². The molecule has 2 aromatic rings. The van der Waals surface area contributed by atoms with Crippen LogP contribution in [-0.2, 0) is 0 Å². The van der Waals surface area contributed by atoms with Crippen LogP contribution in [-0.4, -0.2) is 16.8 Å². The van der Waals surface area contributed by atoms with Gasteiger partial charge in [0.1, 0.15) is 23.3 Å². The smallest absolute Gasteiger partial charge is 0.383 e. The summed E-state index contributed by atoms with van der Waals surface area (Å²) in [6, 6.07) is 4.42. The van der Waals surface area contributed by atoms with Gasteiger partial charge in [-0.25, -0.2) is 4.79 Å². The molecule has 0 spiro atoms. The van der Waals surface area contributed by atoms with Gasteiger partial charge in [-0.3, -0.25) is 0 Å². The molecule has 0 saturated heterocycles. The van der Waals surface area contributed by atoms with Gasteiger partial charge in [-0.2, -0.15) is 0 Å². The molecule has 0 saturated carbocycles. The van der Waals surface area contributed by atoms with Gasteiger partial charge >= 0.3 is 5.63 Å². The Balaban J connectivity index is 2.14. The molecule has 0 radical (unpaired) electrons. The van der Waals surface area contributed by atoms with E-state index in [-0.39, 0.29) is 29.1 Å². The zero-order valence-electron chi connectivity index (χ0n) is 14.1. The molecular formula is C19H22O5. The number of phenolic OH excluding ortho intramolecular Hbond substituents is 1. The highest BCUT2D eigenvalue weighted by Crippen LogP contribution is 2.36. The van der Waals surface area contributed by atoms with Crippen LogP contribution < -0.4 is 10.4 Å². The van der Waals surface area contributed by atoms with Gasteiger partial charge in [0.05, 0.1) is 0 Å². The summed E-state index contributed by atoms with van der Waals surface area (Å²) in [6.07, 6.45) is 5.85. The van der Waals surface area contributed by atoms with Crippen LogP contribution >= 0.6 is 0 Å². The summed E-state index contributed by atoms with van der Waals surface area (Å²) in [5, 5.41) is 20.1. The normalized spacial score (nSPS) is 11.5. The van der Waals surface area contributed by atoms with Gasteiger partial charge in [0.2, 0.25) is 5.75 Å². The van der Waals surface area contributed by atoms with E-state index >= 15 is 0 Å². The summed E-state index contributed by atoms with van der Waals surface area (Å²) in [6.45, 7) is 6.23. The van der Waals surface area contributed by atoms with Gasteiger partial charge in [-0.1, -0.05) is 23.3 Å². The van der Waals surface area contributed by atoms with Crippen molar-refractivity contribution < 1.29 is 19.4 Å². The van der Waals surface area contributed by atoms with E-state index in [0.29, 0.717) is 0 Å². The molecule has 1 aromatic carbocycles. The molecule has 5 nitrogen and oxygen atoms in total. The minimum atomic E-state index is -0.777. The van der Waals surface area contributed by atoms with Gasteiger partial charge in [0.25, 0.3) is 0 Å². The second kappa shape index (κ2) is 7.73. The summed E-state index contributed by atoms with van der Waals surface area (Å²) in [7, 11) is 0. The molecule has 2 N–H and O–H groups in total. The Morgan fingerprint density at radius 2 is 1.96 bits per heavy atom.